The van der Waals surface area contributed by atoms with Crippen LogP contribution in [-0.2, 0) is 4.79 Å². The van der Waals surface area contributed by atoms with Gasteiger partial charge in [0.2, 0.25) is 11.8 Å². The lowest BCUT2D eigenvalue weighted by Crippen LogP contribution is -2.44. The maximum absolute atomic E-state index is 12.6. The van der Waals surface area contributed by atoms with E-state index in [0.717, 1.165) is 38.8 Å². The van der Waals surface area contributed by atoms with Gasteiger partial charge in [-0.05, 0) is 18.9 Å². The van der Waals surface area contributed by atoms with Crippen LogP contribution in [-0.4, -0.2) is 59.9 Å². The first-order valence-electron chi connectivity index (χ1n) is 9.68. The largest absolute Gasteiger partial charge is 0.474 e. The Labute approximate surface area is 155 Å². The van der Waals surface area contributed by atoms with Crippen molar-refractivity contribution in [3.63, 3.8) is 0 Å². The van der Waals surface area contributed by atoms with Crippen LogP contribution in [0.3, 0.4) is 0 Å². The predicted octanol–water partition coefficient (Wildman–Crippen LogP) is 2.73. The number of pyridine rings is 1. The Hall–Kier alpha value is -2.11. The third-order valence-electron chi connectivity index (χ3n) is 5.38. The first kappa shape index (κ1) is 18.7. The number of ether oxygens (including phenoxy) is 1. The number of carbonyl (C=O) groups excluding carboxylic acids is 2. The summed E-state index contributed by atoms with van der Waals surface area (Å²) in [6.07, 6.45) is 9.05. The van der Waals surface area contributed by atoms with E-state index in [9.17, 15) is 9.59 Å². The molecule has 142 valence electrons. The van der Waals surface area contributed by atoms with Crippen LogP contribution in [0.15, 0.2) is 18.3 Å². The summed E-state index contributed by atoms with van der Waals surface area (Å²) in [5.74, 6) is 1.05. The second-order valence-electron chi connectivity index (χ2n) is 7.56. The van der Waals surface area contributed by atoms with E-state index in [2.05, 4.69) is 4.98 Å². The molecule has 1 aliphatic carbocycles. The van der Waals surface area contributed by atoms with Gasteiger partial charge >= 0.3 is 0 Å². The molecule has 0 unspecified atom stereocenters. The number of piperidine rings is 1. The molecule has 2 heterocycles. The number of amides is 2. The first-order chi connectivity index (χ1) is 12.5. The summed E-state index contributed by atoms with van der Waals surface area (Å²) in [7, 11) is 3.43. The van der Waals surface area contributed by atoms with Gasteiger partial charge in [0.15, 0.2) is 0 Å². The molecule has 2 fully saturated rings. The fourth-order valence-corrected chi connectivity index (χ4v) is 3.81. The zero-order valence-corrected chi connectivity index (χ0v) is 15.8. The highest BCUT2D eigenvalue weighted by molar-refractivity contribution is 5.93. The minimum Gasteiger partial charge on any atom is -0.474 e. The number of rotatable bonds is 4. The normalized spacial score (nSPS) is 19.2. The minimum absolute atomic E-state index is 0.0708. The predicted molar refractivity (Wildman–Crippen MR) is 99.1 cm³/mol. The lowest BCUT2D eigenvalue weighted by molar-refractivity contribution is -0.138. The van der Waals surface area contributed by atoms with E-state index < -0.39 is 0 Å². The van der Waals surface area contributed by atoms with E-state index in [1.54, 1.807) is 32.4 Å². The standard InChI is InChI=1S/C20H29N3O3/c1-22(2)19(24)16-8-9-18(21-14-16)26-17-10-12-23(13-11-17)20(25)15-6-4-3-5-7-15/h8-9,14-15,17H,3-7,10-13H2,1-2H3. The lowest BCUT2D eigenvalue weighted by atomic mass is 9.88. The van der Waals surface area contributed by atoms with Crippen LogP contribution in [0.5, 0.6) is 5.88 Å². The highest BCUT2D eigenvalue weighted by Crippen LogP contribution is 2.27. The molecule has 6 nitrogen and oxygen atoms in total. The van der Waals surface area contributed by atoms with E-state index in [1.165, 1.54) is 24.2 Å². The zero-order chi connectivity index (χ0) is 18.5. The van der Waals surface area contributed by atoms with E-state index in [0.29, 0.717) is 17.4 Å². The molecule has 0 N–H and O–H groups in total. The molecule has 2 amide bonds. The number of hydrogen-bond donors (Lipinski definition) is 0. The summed E-state index contributed by atoms with van der Waals surface area (Å²) in [6.45, 7) is 1.52. The van der Waals surface area contributed by atoms with Crippen molar-refractivity contribution in [2.75, 3.05) is 27.2 Å². The molecule has 0 radical (unpaired) electrons. The van der Waals surface area contributed by atoms with Crippen LogP contribution in [0.2, 0.25) is 0 Å². The Morgan fingerprint density at radius 2 is 1.77 bits per heavy atom. The average molecular weight is 359 g/mol. The van der Waals surface area contributed by atoms with E-state index in [4.69, 9.17) is 4.74 Å². The topological polar surface area (TPSA) is 62.7 Å². The number of nitrogens with zero attached hydrogens (tertiary/aromatic N) is 3. The Balaban J connectivity index is 1.48. The van der Waals surface area contributed by atoms with Crippen LogP contribution < -0.4 is 4.74 Å². The quantitative estimate of drug-likeness (QED) is 0.829. The molecule has 1 aliphatic heterocycles. The molecule has 6 heteroatoms. The van der Waals surface area contributed by atoms with Crippen LogP contribution in [0.1, 0.15) is 55.3 Å². The molecule has 0 spiro atoms. The average Bonchev–Trinajstić information content (AvgIpc) is 2.68. The highest BCUT2D eigenvalue weighted by Gasteiger charge is 2.29. The third kappa shape index (κ3) is 4.54. The van der Waals surface area contributed by atoms with E-state index in [-0.39, 0.29) is 17.9 Å². The molecule has 1 saturated heterocycles. The highest BCUT2D eigenvalue weighted by atomic mass is 16.5. The third-order valence-corrected chi connectivity index (χ3v) is 5.38. The van der Waals surface area contributed by atoms with Gasteiger partial charge in [-0.3, -0.25) is 9.59 Å². The molecule has 0 bridgehead atoms. The molecule has 2 aliphatic rings. The molecule has 1 saturated carbocycles. The van der Waals surface area contributed by atoms with Crippen molar-refractivity contribution in [2.24, 2.45) is 5.92 Å². The summed E-state index contributed by atoms with van der Waals surface area (Å²) in [6, 6.07) is 3.49. The van der Waals surface area contributed by atoms with Gasteiger partial charge in [-0.15, -0.1) is 0 Å². The van der Waals surface area contributed by atoms with E-state index >= 15 is 0 Å². The molecular weight excluding hydrogens is 330 g/mol. The molecule has 1 aromatic rings. The number of aromatic nitrogens is 1. The molecule has 26 heavy (non-hydrogen) atoms. The van der Waals surface area contributed by atoms with Crippen molar-refractivity contribution in [1.29, 1.82) is 0 Å². The van der Waals surface area contributed by atoms with Gasteiger partial charge in [-0.1, -0.05) is 19.3 Å². The van der Waals surface area contributed by atoms with Gasteiger partial charge in [0.05, 0.1) is 5.56 Å². The Morgan fingerprint density at radius 3 is 2.35 bits per heavy atom. The van der Waals surface area contributed by atoms with Crippen LogP contribution in [0, 0.1) is 5.92 Å². The molecule has 3 rings (SSSR count). The maximum atomic E-state index is 12.6. The fraction of sp³-hybridized carbons (Fsp3) is 0.650. The number of likely N-dealkylation sites (tertiary alicyclic amines) is 1. The van der Waals surface area contributed by atoms with Gasteiger partial charge < -0.3 is 14.5 Å². The van der Waals surface area contributed by atoms with Crippen LogP contribution >= 0.6 is 0 Å². The number of carbonyl (C=O) groups is 2. The first-order valence-corrected chi connectivity index (χ1v) is 9.68. The second-order valence-corrected chi connectivity index (χ2v) is 7.56. The van der Waals surface area contributed by atoms with Crippen molar-refractivity contribution >= 4 is 11.8 Å². The zero-order valence-electron chi connectivity index (χ0n) is 15.8. The minimum atomic E-state index is -0.0708. The Morgan fingerprint density at radius 1 is 1.08 bits per heavy atom. The van der Waals surface area contributed by atoms with Crippen LogP contribution in [0.4, 0.5) is 0 Å². The molecule has 1 aromatic heterocycles. The van der Waals surface area contributed by atoms with Crippen molar-refractivity contribution in [2.45, 2.75) is 51.0 Å². The van der Waals surface area contributed by atoms with Crippen molar-refractivity contribution in [1.82, 2.24) is 14.8 Å². The fourth-order valence-electron chi connectivity index (χ4n) is 3.81. The van der Waals surface area contributed by atoms with Crippen molar-refractivity contribution < 1.29 is 14.3 Å². The van der Waals surface area contributed by atoms with Gasteiger partial charge in [-0.25, -0.2) is 4.98 Å². The van der Waals surface area contributed by atoms with Crippen LogP contribution in [0.25, 0.3) is 0 Å². The summed E-state index contributed by atoms with van der Waals surface area (Å²) < 4.78 is 5.95. The molecule has 0 aromatic carbocycles. The maximum Gasteiger partial charge on any atom is 0.254 e. The van der Waals surface area contributed by atoms with E-state index in [1.807, 2.05) is 4.90 Å². The van der Waals surface area contributed by atoms with Gasteiger partial charge in [-0.2, -0.15) is 0 Å². The molecular formula is C20H29N3O3. The van der Waals surface area contributed by atoms with Crippen molar-refractivity contribution in [3.8, 4) is 5.88 Å². The summed E-state index contributed by atoms with van der Waals surface area (Å²) >= 11 is 0. The van der Waals surface area contributed by atoms with Gasteiger partial charge in [0.25, 0.3) is 5.91 Å². The summed E-state index contributed by atoms with van der Waals surface area (Å²) in [4.78, 5) is 32.3. The monoisotopic (exact) mass is 359 g/mol. The van der Waals surface area contributed by atoms with Gasteiger partial charge in [0, 0.05) is 58.2 Å². The summed E-state index contributed by atoms with van der Waals surface area (Å²) in [5.41, 5.74) is 0.551. The molecule has 0 atom stereocenters. The smallest absolute Gasteiger partial charge is 0.254 e. The Bertz CT molecular complexity index is 616. The Kier molecular flexibility index (Phi) is 6.12. The second kappa shape index (κ2) is 8.52. The number of hydrogen-bond acceptors (Lipinski definition) is 4. The van der Waals surface area contributed by atoms with Crippen molar-refractivity contribution in [3.05, 3.63) is 23.9 Å². The van der Waals surface area contributed by atoms with Gasteiger partial charge in [0.1, 0.15) is 6.10 Å². The summed E-state index contributed by atoms with van der Waals surface area (Å²) in [5, 5.41) is 0. The SMILES string of the molecule is CN(C)C(=O)c1ccc(OC2CCN(C(=O)C3CCCCC3)CC2)nc1. The lowest BCUT2D eigenvalue weighted by Gasteiger charge is -2.35.